The van der Waals surface area contributed by atoms with E-state index in [9.17, 15) is 0 Å². The van der Waals surface area contributed by atoms with Gasteiger partial charge >= 0.3 is 0 Å². The third-order valence-corrected chi connectivity index (χ3v) is 3.75. The summed E-state index contributed by atoms with van der Waals surface area (Å²) in [6, 6.07) is 1.55. The number of hydrogen-bond donors (Lipinski definition) is 0. The predicted molar refractivity (Wildman–Crippen MR) is 68.1 cm³/mol. The molecular weight excluding hydrogens is 182 g/mol. The van der Waals surface area contributed by atoms with Gasteiger partial charge in [0.05, 0.1) is 0 Å². The first-order valence-corrected chi connectivity index (χ1v) is 6.46. The Hall–Kier alpha value is -0.0400. The monoisotopic (exact) mass is 211 g/mol. The zero-order chi connectivity index (χ0) is 11.9. The summed E-state index contributed by atoms with van der Waals surface area (Å²) in [5.41, 5.74) is 0.728. The van der Waals surface area contributed by atoms with Gasteiger partial charge in [0.1, 0.15) is 0 Å². The van der Waals surface area contributed by atoms with E-state index in [1.165, 1.54) is 19.3 Å². The molecule has 1 nitrogen and oxygen atoms in total. The summed E-state index contributed by atoms with van der Waals surface area (Å²) in [4.78, 5) is 2.77. The fourth-order valence-corrected chi connectivity index (χ4v) is 3.15. The largest absolute Gasteiger partial charge is 0.292 e. The van der Waals surface area contributed by atoms with E-state index in [2.05, 4.69) is 53.4 Å². The lowest BCUT2D eigenvalue weighted by molar-refractivity contribution is 0.0243. The molecule has 0 amide bonds. The van der Waals surface area contributed by atoms with E-state index in [0.29, 0.717) is 11.0 Å². The van der Waals surface area contributed by atoms with Gasteiger partial charge in [0.15, 0.2) is 0 Å². The second-order valence-corrected chi connectivity index (χ2v) is 7.10. The van der Waals surface area contributed by atoms with Crippen LogP contribution in [0.25, 0.3) is 0 Å². The number of hydrogen-bond acceptors (Lipinski definition) is 1. The van der Waals surface area contributed by atoms with E-state index in [1.807, 2.05) is 0 Å². The molecule has 90 valence electrons. The molecule has 15 heavy (non-hydrogen) atoms. The molecule has 1 aliphatic rings. The summed E-state index contributed by atoms with van der Waals surface area (Å²) in [5, 5.41) is 0. The molecule has 1 unspecified atom stereocenters. The van der Waals surface area contributed by atoms with Gasteiger partial charge in [-0.25, -0.2) is 0 Å². The lowest BCUT2D eigenvalue weighted by Gasteiger charge is -2.46. The van der Waals surface area contributed by atoms with E-state index < -0.39 is 0 Å². The van der Waals surface area contributed by atoms with Gasteiger partial charge in [0.2, 0.25) is 0 Å². The minimum Gasteiger partial charge on any atom is -0.292 e. The molecule has 1 aliphatic heterocycles. The van der Waals surface area contributed by atoms with Crippen LogP contribution >= 0.6 is 0 Å². The van der Waals surface area contributed by atoms with Gasteiger partial charge in [0, 0.05) is 17.6 Å². The Morgan fingerprint density at radius 2 is 1.53 bits per heavy atom. The van der Waals surface area contributed by atoms with Crippen molar-refractivity contribution in [3.63, 3.8) is 0 Å². The Morgan fingerprint density at radius 3 is 1.87 bits per heavy atom. The van der Waals surface area contributed by atoms with Crippen molar-refractivity contribution < 1.29 is 0 Å². The maximum absolute atomic E-state index is 2.77. The summed E-state index contributed by atoms with van der Waals surface area (Å²) >= 11 is 0. The molecule has 0 aromatic heterocycles. The lowest BCUT2D eigenvalue weighted by atomic mass is 9.83. The van der Waals surface area contributed by atoms with Gasteiger partial charge in [0.25, 0.3) is 0 Å². The number of likely N-dealkylation sites (tertiary alicyclic amines) is 1. The zero-order valence-electron chi connectivity index (χ0n) is 11.7. The summed E-state index contributed by atoms with van der Waals surface area (Å²) in [6.45, 7) is 16.6. The normalized spacial score (nSPS) is 29.8. The highest BCUT2D eigenvalue weighted by Gasteiger charge is 2.43. The summed E-state index contributed by atoms with van der Waals surface area (Å²) in [5.74, 6) is 0. The number of rotatable bonds is 1. The zero-order valence-corrected chi connectivity index (χ0v) is 11.7. The first kappa shape index (κ1) is 13.0. The van der Waals surface area contributed by atoms with Crippen LogP contribution in [0.2, 0.25) is 0 Å². The molecule has 1 heteroatoms. The maximum Gasteiger partial charge on any atom is 0.0152 e. The van der Waals surface area contributed by atoms with Crippen LogP contribution in [-0.2, 0) is 0 Å². The standard InChI is InChI=1S/C14H29N/c1-8-11-9-10-12(13(2,3)4)15(11)14(5,6)7/h11-12H,8-10H2,1-7H3/t11?,12-/m0/s1. The topological polar surface area (TPSA) is 3.24 Å². The SMILES string of the molecule is CCC1CC[C@@H](C(C)(C)C)N1C(C)(C)C. The van der Waals surface area contributed by atoms with Crippen LogP contribution < -0.4 is 0 Å². The molecule has 0 aliphatic carbocycles. The average Bonchev–Trinajstić information content (AvgIpc) is 2.44. The Balaban J connectivity index is 2.92. The van der Waals surface area contributed by atoms with E-state index in [-0.39, 0.29) is 0 Å². The minimum absolute atomic E-state index is 0.315. The molecule has 0 saturated carbocycles. The van der Waals surface area contributed by atoms with Crippen molar-refractivity contribution in [2.45, 2.75) is 85.4 Å². The van der Waals surface area contributed by atoms with E-state index in [0.717, 1.165) is 12.1 Å². The van der Waals surface area contributed by atoms with Crippen LogP contribution in [0.15, 0.2) is 0 Å². The molecule has 1 rings (SSSR count). The second-order valence-electron chi connectivity index (χ2n) is 7.10. The Morgan fingerprint density at radius 1 is 1.00 bits per heavy atom. The molecule has 1 saturated heterocycles. The van der Waals surface area contributed by atoms with Gasteiger partial charge in [-0.3, -0.25) is 4.90 Å². The third kappa shape index (κ3) is 2.75. The molecule has 0 N–H and O–H groups in total. The van der Waals surface area contributed by atoms with Crippen molar-refractivity contribution in [1.29, 1.82) is 0 Å². The van der Waals surface area contributed by atoms with E-state index >= 15 is 0 Å². The predicted octanol–water partition coefficient (Wildman–Crippen LogP) is 4.07. The molecule has 0 radical (unpaired) electrons. The highest BCUT2D eigenvalue weighted by atomic mass is 15.3. The van der Waals surface area contributed by atoms with Gasteiger partial charge < -0.3 is 0 Å². The Kier molecular flexibility index (Phi) is 3.55. The van der Waals surface area contributed by atoms with Crippen molar-refractivity contribution >= 4 is 0 Å². The van der Waals surface area contributed by atoms with E-state index in [4.69, 9.17) is 0 Å². The van der Waals surface area contributed by atoms with Crippen molar-refractivity contribution in [1.82, 2.24) is 4.90 Å². The first-order valence-electron chi connectivity index (χ1n) is 6.46. The van der Waals surface area contributed by atoms with Gasteiger partial charge in [-0.2, -0.15) is 0 Å². The van der Waals surface area contributed by atoms with E-state index in [1.54, 1.807) is 0 Å². The third-order valence-electron chi connectivity index (χ3n) is 3.75. The van der Waals surface area contributed by atoms with Gasteiger partial charge in [-0.15, -0.1) is 0 Å². The van der Waals surface area contributed by atoms with Crippen LogP contribution in [0.3, 0.4) is 0 Å². The van der Waals surface area contributed by atoms with Crippen LogP contribution in [-0.4, -0.2) is 22.5 Å². The average molecular weight is 211 g/mol. The Bertz CT molecular complexity index is 206. The molecule has 2 atom stereocenters. The van der Waals surface area contributed by atoms with Gasteiger partial charge in [-0.1, -0.05) is 27.7 Å². The maximum atomic E-state index is 2.77. The fraction of sp³-hybridized carbons (Fsp3) is 1.00. The lowest BCUT2D eigenvalue weighted by Crippen LogP contribution is -2.52. The molecular formula is C14H29N. The van der Waals surface area contributed by atoms with Crippen molar-refractivity contribution in [2.24, 2.45) is 5.41 Å². The summed E-state index contributed by atoms with van der Waals surface area (Å²) in [7, 11) is 0. The molecule has 0 bridgehead atoms. The molecule has 1 fully saturated rings. The van der Waals surface area contributed by atoms with Crippen molar-refractivity contribution in [3.05, 3.63) is 0 Å². The minimum atomic E-state index is 0.315. The highest BCUT2D eigenvalue weighted by Crippen LogP contribution is 2.41. The van der Waals surface area contributed by atoms with Crippen LogP contribution in [0.4, 0.5) is 0 Å². The molecule has 1 heterocycles. The summed E-state index contributed by atoms with van der Waals surface area (Å²) in [6.07, 6.45) is 4.05. The smallest absolute Gasteiger partial charge is 0.0152 e. The molecule has 0 spiro atoms. The second kappa shape index (κ2) is 4.08. The van der Waals surface area contributed by atoms with Crippen molar-refractivity contribution in [3.8, 4) is 0 Å². The van der Waals surface area contributed by atoms with Crippen LogP contribution in [0.1, 0.15) is 67.7 Å². The number of nitrogens with zero attached hydrogens (tertiary/aromatic N) is 1. The molecule has 0 aromatic carbocycles. The van der Waals surface area contributed by atoms with Crippen LogP contribution in [0, 0.1) is 5.41 Å². The highest BCUT2D eigenvalue weighted by molar-refractivity contribution is 4.98. The van der Waals surface area contributed by atoms with Crippen LogP contribution in [0.5, 0.6) is 0 Å². The Labute approximate surface area is 96.2 Å². The first-order chi connectivity index (χ1) is 6.68. The fourth-order valence-electron chi connectivity index (χ4n) is 3.15. The molecule has 0 aromatic rings. The van der Waals surface area contributed by atoms with Gasteiger partial charge in [-0.05, 0) is 45.4 Å². The van der Waals surface area contributed by atoms with Crippen molar-refractivity contribution in [2.75, 3.05) is 0 Å². The summed E-state index contributed by atoms with van der Waals surface area (Å²) < 4.78 is 0. The quantitative estimate of drug-likeness (QED) is 0.632.